The molecule has 1 aromatic carbocycles. The summed E-state index contributed by atoms with van der Waals surface area (Å²) in [7, 11) is 0. The van der Waals surface area contributed by atoms with E-state index >= 15 is 0 Å². The number of benzene rings is 1. The highest BCUT2D eigenvalue weighted by Gasteiger charge is 2.15. The van der Waals surface area contributed by atoms with Gasteiger partial charge < -0.3 is 10.0 Å². The topological polar surface area (TPSA) is 70.7 Å². The monoisotopic (exact) mass is 308 g/mol. The minimum Gasteiger partial charge on any atom is -0.476 e. The third-order valence-electron chi connectivity index (χ3n) is 4.19. The van der Waals surface area contributed by atoms with Crippen LogP contribution in [0.2, 0.25) is 0 Å². The number of anilines is 1. The maximum atomic E-state index is 11.1. The first kappa shape index (κ1) is 13.8. The molecular weight excluding hydrogens is 292 g/mol. The second-order valence-corrected chi connectivity index (χ2v) is 5.68. The van der Waals surface area contributed by atoms with Gasteiger partial charge in [0.15, 0.2) is 11.3 Å². The lowest BCUT2D eigenvalue weighted by Crippen LogP contribution is -2.17. The zero-order valence-electron chi connectivity index (χ0n) is 12.5. The lowest BCUT2D eigenvalue weighted by atomic mass is 10.1. The van der Waals surface area contributed by atoms with Crippen molar-refractivity contribution in [3.63, 3.8) is 0 Å². The van der Waals surface area contributed by atoms with Crippen LogP contribution < -0.4 is 4.90 Å². The summed E-state index contributed by atoms with van der Waals surface area (Å²) in [4.78, 5) is 17.7. The fourth-order valence-electron chi connectivity index (χ4n) is 3.06. The highest BCUT2D eigenvalue weighted by atomic mass is 16.4. The number of hydrogen-bond acceptors (Lipinski definition) is 4. The maximum absolute atomic E-state index is 11.1. The van der Waals surface area contributed by atoms with Gasteiger partial charge >= 0.3 is 5.97 Å². The standard InChI is InChI=1S/C17H16N4O2/c22-17(23)14-11-16-18-7-6-15(21(16)19-14)12-4-3-5-13(10-12)20-8-1-2-9-20/h3-7,10-11H,1-2,8-9H2,(H,22,23). The Bertz CT molecular complexity index is 881. The summed E-state index contributed by atoms with van der Waals surface area (Å²) in [5.74, 6) is -1.05. The molecule has 0 aliphatic carbocycles. The number of hydrogen-bond donors (Lipinski definition) is 1. The van der Waals surface area contributed by atoms with Crippen molar-refractivity contribution in [1.29, 1.82) is 0 Å². The number of aromatic nitrogens is 3. The fourth-order valence-corrected chi connectivity index (χ4v) is 3.06. The first-order chi connectivity index (χ1) is 11.2. The normalized spacial score (nSPS) is 14.5. The predicted octanol–water partition coefficient (Wildman–Crippen LogP) is 2.69. The van der Waals surface area contributed by atoms with Crippen molar-refractivity contribution in [2.75, 3.05) is 18.0 Å². The largest absolute Gasteiger partial charge is 0.476 e. The average molecular weight is 308 g/mol. The lowest BCUT2D eigenvalue weighted by molar-refractivity contribution is 0.0690. The molecule has 4 rings (SSSR count). The fraction of sp³-hybridized carbons (Fsp3) is 0.235. The second-order valence-electron chi connectivity index (χ2n) is 5.68. The van der Waals surface area contributed by atoms with Crippen molar-refractivity contribution in [1.82, 2.24) is 14.6 Å². The van der Waals surface area contributed by atoms with Gasteiger partial charge in [0.25, 0.3) is 0 Å². The summed E-state index contributed by atoms with van der Waals surface area (Å²) in [6, 6.07) is 11.6. The summed E-state index contributed by atoms with van der Waals surface area (Å²) < 4.78 is 1.59. The number of carboxylic acids is 1. The number of aromatic carboxylic acids is 1. The highest BCUT2D eigenvalue weighted by molar-refractivity contribution is 5.87. The third kappa shape index (κ3) is 2.42. The molecule has 3 aromatic rings. The Morgan fingerprint density at radius 3 is 2.74 bits per heavy atom. The van der Waals surface area contributed by atoms with Crippen molar-refractivity contribution in [3.8, 4) is 11.3 Å². The minimum atomic E-state index is -1.05. The number of nitrogens with zero attached hydrogens (tertiary/aromatic N) is 4. The SMILES string of the molecule is O=C(O)c1cc2nccc(-c3cccc(N4CCCC4)c3)n2n1. The van der Waals surface area contributed by atoms with Crippen LogP contribution in [0.4, 0.5) is 5.69 Å². The molecule has 1 N–H and O–H groups in total. The molecule has 0 atom stereocenters. The highest BCUT2D eigenvalue weighted by Crippen LogP contribution is 2.27. The van der Waals surface area contributed by atoms with Gasteiger partial charge in [-0.15, -0.1) is 0 Å². The molecule has 0 saturated carbocycles. The smallest absolute Gasteiger partial charge is 0.356 e. The molecule has 1 fully saturated rings. The van der Waals surface area contributed by atoms with E-state index in [1.54, 1.807) is 10.7 Å². The van der Waals surface area contributed by atoms with Gasteiger partial charge in [0, 0.05) is 36.6 Å². The van der Waals surface area contributed by atoms with Crippen molar-refractivity contribution in [3.05, 3.63) is 48.3 Å². The van der Waals surface area contributed by atoms with Crippen LogP contribution in [0.15, 0.2) is 42.6 Å². The maximum Gasteiger partial charge on any atom is 0.356 e. The Kier molecular flexibility index (Phi) is 3.22. The van der Waals surface area contributed by atoms with E-state index in [9.17, 15) is 4.79 Å². The summed E-state index contributed by atoms with van der Waals surface area (Å²) in [6.45, 7) is 2.17. The number of carbonyl (C=O) groups is 1. The van der Waals surface area contributed by atoms with E-state index in [0.29, 0.717) is 5.65 Å². The number of fused-ring (bicyclic) bond motifs is 1. The quantitative estimate of drug-likeness (QED) is 0.805. The van der Waals surface area contributed by atoms with Crippen LogP contribution in [0.1, 0.15) is 23.3 Å². The van der Waals surface area contributed by atoms with Gasteiger partial charge in [-0.25, -0.2) is 14.3 Å². The van der Waals surface area contributed by atoms with Gasteiger partial charge in [-0.3, -0.25) is 0 Å². The van der Waals surface area contributed by atoms with E-state index in [1.807, 2.05) is 18.2 Å². The van der Waals surface area contributed by atoms with Crippen LogP contribution in [0.3, 0.4) is 0 Å². The van der Waals surface area contributed by atoms with Gasteiger partial charge in [-0.1, -0.05) is 12.1 Å². The first-order valence-electron chi connectivity index (χ1n) is 7.66. The van der Waals surface area contributed by atoms with E-state index in [0.717, 1.165) is 24.3 Å². The molecule has 23 heavy (non-hydrogen) atoms. The van der Waals surface area contributed by atoms with Gasteiger partial charge in [0.05, 0.1) is 5.69 Å². The van der Waals surface area contributed by atoms with Crippen molar-refractivity contribution >= 4 is 17.3 Å². The minimum absolute atomic E-state index is 0.000600. The molecule has 1 aliphatic heterocycles. The molecule has 1 aliphatic rings. The van der Waals surface area contributed by atoms with Crippen molar-refractivity contribution in [2.45, 2.75) is 12.8 Å². The van der Waals surface area contributed by atoms with E-state index in [1.165, 1.54) is 24.6 Å². The van der Waals surface area contributed by atoms with Crippen LogP contribution in [-0.4, -0.2) is 38.8 Å². The molecule has 0 radical (unpaired) electrons. The molecular formula is C17H16N4O2. The summed E-state index contributed by atoms with van der Waals surface area (Å²) >= 11 is 0. The Morgan fingerprint density at radius 2 is 1.96 bits per heavy atom. The molecule has 0 spiro atoms. The third-order valence-corrected chi connectivity index (χ3v) is 4.19. The van der Waals surface area contributed by atoms with Crippen molar-refractivity contribution in [2.24, 2.45) is 0 Å². The molecule has 6 nitrogen and oxygen atoms in total. The Morgan fingerprint density at radius 1 is 1.13 bits per heavy atom. The van der Waals surface area contributed by atoms with Gasteiger partial charge in [0.1, 0.15) is 0 Å². The van der Waals surface area contributed by atoms with Gasteiger partial charge in [-0.2, -0.15) is 5.10 Å². The van der Waals surface area contributed by atoms with E-state index in [4.69, 9.17) is 5.11 Å². The number of rotatable bonds is 3. The Labute approximate surface area is 133 Å². The van der Waals surface area contributed by atoms with Gasteiger partial charge in [-0.05, 0) is 31.0 Å². The molecule has 1 saturated heterocycles. The predicted molar refractivity (Wildman–Crippen MR) is 86.8 cm³/mol. The average Bonchev–Trinajstić information content (AvgIpc) is 3.24. The summed E-state index contributed by atoms with van der Waals surface area (Å²) in [5.41, 5.74) is 3.56. The van der Waals surface area contributed by atoms with Crippen LogP contribution in [0.25, 0.3) is 16.9 Å². The molecule has 116 valence electrons. The molecule has 6 heteroatoms. The van der Waals surface area contributed by atoms with E-state index < -0.39 is 5.97 Å². The summed E-state index contributed by atoms with van der Waals surface area (Å²) in [6.07, 6.45) is 4.14. The molecule has 0 amide bonds. The lowest BCUT2D eigenvalue weighted by Gasteiger charge is -2.18. The molecule has 2 aromatic heterocycles. The van der Waals surface area contributed by atoms with Crippen LogP contribution in [0.5, 0.6) is 0 Å². The second kappa shape index (κ2) is 5.39. The Balaban J connectivity index is 1.82. The van der Waals surface area contributed by atoms with Crippen molar-refractivity contribution < 1.29 is 9.90 Å². The molecule has 0 unspecified atom stereocenters. The Hall–Kier alpha value is -2.89. The first-order valence-corrected chi connectivity index (χ1v) is 7.66. The molecule has 0 bridgehead atoms. The van der Waals surface area contributed by atoms with E-state index in [2.05, 4.69) is 27.1 Å². The van der Waals surface area contributed by atoms with Gasteiger partial charge in [0.2, 0.25) is 0 Å². The van der Waals surface area contributed by atoms with E-state index in [-0.39, 0.29) is 5.69 Å². The zero-order chi connectivity index (χ0) is 15.8. The van der Waals surface area contributed by atoms with Crippen LogP contribution in [-0.2, 0) is 0 Å². The van der Waals surface area contributed by atoms with Crippen LogP contribution >= 0.6 is 0 Å². The summed E-state index contributed by atoms with van der Waals surface area (Å²) in [5, 5.41) is 13.3. The zero-order valence-corrected chi connectivity index (χ0v) is 12.5. The van der Waals surface area contributed by atoms with Crippen LogP contribution in [0, 0.1) is 0 Å². The molecule has 3 heterocycles. The number of carboxylic acid groups (broad SMARTS) is 1.